The number of hydrogen-bond acceptors (Lipinski definition) is 5. The van der Waals surface area contributed by atoms with Crippen LogP contribution in [0.15, 0.2) is 65.6 Å². The third kappa shape index (κ3) is 4.66. The van der Waals surface area contributed by atoms with Gasteiger partial charge < -0.3 is 14.6 Å². The highest BCUT2D eigenvalue weighted by molar-refractivity contribution is 7.92. The van der Waals surface area contributed by atoms with E-state index in [1.165, 1.54) is 18.6 Å². The van der Waals surface area contributed by atoms with Crippen molar-refractivity contribution in [3.8, 4) is 22.6 Å². The van der Waals surface area contributed by atoms with Gasteiger partial charge in [-0.3, -0.25) is 4.31 Å². The number of fused-ring (bicyclic) bond motifs is 2. The maximum Gasteiger partial charge on any atom is 0.341 e. The molecule has 0 saturated heterocycles. The molecule has 0 aromatic heterocycles. The molecule has 37 heavy (non-hydrogen) atoms. The van der Waals surface area contributed by atoms with Crippen LogP contribution < -0.4 is 13.8 Å². The predicted octanol–water partition coefficient (Wildman–Crippen LogP) is 5.54. The number of nitrogens with zero attached hydrogens (tertiary/aromatic N) is 1. The summed E-state index contributed by atoms with van der Waals surface area (Å²) in [7, 11) is -2.20. The van der Waals surface area contributed by atoms with E-state index in [-0.39, 0.29) is 10.3 Å². The monoisotopic (exact) mass is 521 g/mol. The first kappa shape index (κ1) is 25.1. The van der Waals surface area contributed by atoms with Gasteiger partial charge >= 0.3 is 5.97 Å². The van der Waals surface area contributed by atoms with Crippen molar-refractivity contribution in [1.29, 1.82) is 0 Å². The predicted molar refractivity (Wildman–Crippen MR) is 142 cm³/mol. The summed E-state index contributed by atoms with van der Waals surface area (Å²) >= 11 is 0. The van der Waals surface area contributed by atoms with Gasteiger partial charge in [-0.05, 0) is 84.5 Å². The third-order valence-electron chi connectivity index (χ3n) is 7.60. The van der Waals surface area contributed by atoms with Crippen LogP contribution in [0.4, 0.5) is 5.69 Å². The van der Waals surface area contributed by atoms with E-state index < -0.39 is 22.6 Å². The molecule has 0 atom stereocenters. The summed E-state index contributed by atoms with van der Waals surface area (Å²) in [6, 6.07) is 18.6. The molecule has 3 aromatic rings. The number of aliphatic carboxylic acids is 1. The molecule has 3 aromatic carbocycles. The summed E-state index contributed by atoms with van der Waals surface area (Å²) in [5.41, 5.74) is 4.32. The van der Waals surface area contributed by atoms with Crippen LogP contribution in [0.25, 0.3) is 11.1 Å². The maximum atomic E-state index is 14.0. The minimum atomic E-state index is -3.84. The first-order valence-corrected chi connectivity index (χ1v) is 13.9. The lowest BCUT2D eigenvalue weighted by Gasteiger charge is -2.34. The second kappa shape index (κ2) is 9.74. The molecule has 1 saturated carbocycles. The Morgan fingerprint density at radius 1 is 0.973 bits per heavy atom. The van der Waals surface area contributed by atoms with Crippen LogP contribution in [-0.4, -0.2) is 39.8 Å². The number of aryl methyl sites for hydroxylation is 1. The molecule has 1 heterocycles. The quantitative estimate of drug-likeness (QED) is 0.439. The number of hydrogen-bond donors (Lipinski definition) is 1. The minimum absolute atomic E-state index is 0.172. The molecule has 0 radical (unpaired) electrons. The Labute approximate surface area is 217 Å². The molecule has 1 aliphatic carbocycles. The summed E-state index contributed by atoms with van der Waals surface area (Å²) < 4.78 is 40.1. The van der Waals surface area contributed by atoms with Gasteiger partial charge in [0, 0.05) is 12.0 Å². The number of ether oxygens (including phenoxy) is 2. The molecule has 1 spiro atoms. The van der Waals surface area contributed by atoms with E-state index >= 15 is 0 Å². The van der Waals surface area contributed by atoms with Gasteiger partial charge in [0.05, 0.1) is 17.7 Å². The smallest absolute Gasteiger partial charge is 0.341 e. The Hall–Kier alpha value is -3.52. The number of methoxy groups -OCH3 is 1. The lowest BCUT2D eigenvalue weighted by atomic mass is 9.70. The Morgan fingerprint density at radius 3 is 2.32 bits per heavy atom. The molecule has 0 amide bonds. The van der Waals surface area contributed by atoms with Crippen LogP contribution in [0.3, 0.4) is 0 Å². The Balaban J connectivity index is 1.54. The van der Waals surface area contributed by atoms with Crippen molar-refractivity contribution in [3.63, 3.8) is 0 Å². The molecule has 2 aliphatic rings. The van der Waals surface area contributed by atoms with Gasteiger partial charge in [0.2, 0.25) is 0 Å². The Kier molecular flexibility index (Phi) is 6.62. The van der Waals surface area contributed by atoms with Crippen molar-refractivity contribution < 1.29 is 27.8 Å². The van der Waals surface area contributed by atoms with E-state index in [1.54, 1.807) is 24.4 Å². The molecule has 0 unspecified atom stereocenters. The highest BCUT2D eigenvalue weighted by Gasteiger charge is 2.47. The number of carboxylic acids is 1. The van der Waals surface area contributed by atoms with Crippen LogP contribution in [0.5, 0.6) is 11.5 Å². The van der Waals surface area contributed by atoms with Crippen molar-refractivity contribution in [2.45, 2.75) is 49.3 Å². The molecule has 1 N–H and O–H groups in total. The highest BCUT2D eigenvalue weighted by atomic mass is 32.2. The Morgan fingerprint density at radius 2 is 1.68 bits per heavy atom. The lowest BCUT2D eigenvalue weighted by molar-refractivity contribution is -0.139. The van der Waals surface area contributed by atoms with Crippen LogP contribution in [0.1, 0.15) is 43.2 Å². The van der Waals surface area contributed by atoms with E-state index in [1.807, 2.05) is 36.4 Å². The first-order valence-electron chi connectivity index (χ1n) is 12.5. The van der Waals surface area contributed by atoms with Crippen LogP contribution in [-0.2, 0) is 20.2 Å². The van der Waals surface area contributed by atoms with Crippen LogP contribution in [0.2, 0.25) is 0 Å². The summed E-state index contributed by atoms with van der Waals surface area (Å²) in [6.07, 6.45) is 5.24. The first-order chi connectivity index (χ1) is 17.7. The molecule has 1 aliphatic heterocycles. The normalized spacial score (nSPS) is 16.4. The van der Waals surface area contributed by atoms with Crippen molar-refractivity contribution in [3.05, 3.63) is 71.8 Å². The Bertz CT molecular complexity index is 1430. The maximum absolute atomic E-state index is 14.0. The zero-order valence-electron chi connectivity index (χ0n) is 21.1. The number of sulfonamides is 1. The molecule has 5 rings (SSSR count). The SMILES string of the molecule is COc1ccc(-c2ccc3c(c2)C2(CCCCC2)CN3S(=O)(=O)c2ccc(OCC(=O)O)c(C)c2)cc1. The summed E-state index contributed by atoms with van der Waals surface area (Å²) in [5, 5.41) is 8.89. The molecule has 1 fully saturated rings. The summed E-state index contributed by atoms with van der Waals surface area (Å²) in [4.78, 5) is 11.0. The zero-order chi connectivity index (χ0) is 26.2. The number of carboxylic acid groups (broad SMARTS) is 1. The largest absolute Gasteiger partial charge is 0.497 e. The van der Waals surface area contributed by atoms with Crippen molar-refractivity contribution >= 4 is 21.7 Å². The zero-order valence-corrected chi connectivity index (χ0v) is 21.9. The van der Waals surface area contributed by atoms with Crippen LogP contribution >= 0.6 is 0 Å². The van der Waals surface area contributed by atoms with Crippen molar-refractivity contribution in [2.24, 2.45) is 0 Å². The van der Waals surface area contributed by atoms with Crippen molar-refractivity contribution in [2.75, 3.05) is 24.6 Å². The molecule has 8 heteroatoms. The molecule has 194 valence electrons. The fraction of sp³-hybridized carbons (Fsp3) is 0.345. The van der Waals surface area contributed by atoms with Gasteiger partial charge in [0.1, 0.15) is 11.5 Å². The van der Waals surface area contributed by atoms with E-state index in [0.717, 1.165) is 53.8 Å². The molecule has 0 bridgehead atoms. The van der Waals surface area contributed by atoms with Gasteiger partial charge in [-0.15, -0.1) is 0 Å². The van der Waals surface area contributed by atoms with Gasteiger partial charge in [-0.25, -0.2) is 13.2 Å². The van der Waals surface area contributed by atoms with Gasteiger partial charge in [-0.1, -0.05) is 37.5 Å². The van der Waals surface area contributed by atoms with Crippen LogP contribution in [0, 0.1) is 6.92 Å². The molecular weight excluding hydrogens is 490 g/mol. The molecular formula is C29H31NO6S. The topological polar surface area (TPSA) is 93.1 Å². The average Bonchev–Trinajstić information content (AvgIpc) is 3.22. The second-order valence-electron chi connectivity index (χ2n) is 9.92. The summed E-state index contributed by atoms with van der Waals surface area (Å²) in [5.74, 6) is 0.0632. The third-order valence-corrected chi connectivity index (χ3v) is 9.36. The lowest BCUT2D eigenvalue weighted by Crippen LogP contribution is -2.38. The minimum Gasteiger partial charge on any atom is -0.497 e. The highest BCUT2D eigenvalue weighted by Crippen LogP contribution is 2.51. The van der Waals surface area contributed by atoms with Gasteiger partial charge in [-0.2, -0.15) is 0 Å². The number of rotatable bonds is 7. The fourth-order valence-corrected chi connectivity index (χ4v) is 7.32. The van der Waals surface area contributed by atoms with E-state index in [2.05, 4.69) is 6.07 Å². The standard InChI is InChI=1S/C29H31NO6S/c1-20-16-24(11-13-27(20)36-18-28(31)32)37(33,34)30-19-29(14-4-3-5-15-29)25-17-22(8-12-26(25)30)21-6-9-23(35-2)10-7-21/h6-13,16-17H,3-5,14-15,18-19H2,1-2H3,(H,31,32). The average molecular weight is 522 g/mol. The van der Waals surface area contributed by atoms with E-state index in [0.29, 0.717) is 17.9 Å². The van der Waals surface area contributed by atoms with Gasteiger partial charge in [0.15, 0.2) is 6.61 Å². The molecule has 7 nitrogen and oxygen atoms in total. The van der Waals surface area contributed by atoms with E-state index in [4.69, 9.17) is 14.6 Å². The number of benzene rings is 3. The fourth-order valence-electron chi connectivity index (χ4n) is 5.67. The number of carbonyl (C=O) groups is 1. The van der Waals surface area contributed by atoms with Gasteiger partial charge in [0.25, 0.3) is 10.0 Å². The summed E-state index contributed by atoms with van der Waals surface area (Å²) in [6.45, 7) is 1.66. The van der Waals surface area contributed by atoms with E-state index in [9.17, 15) is 13.2 Å². The number of anilines is 1. The second-order valence-corrected chi connectivity index (χ2v) is 11.8. The van der Waals surface area contributed by atoms with Crippen molar-refractivity contribution in [1.82, 2.24) is 0 Å².